The van der Waals surface area contributed by atoms with Crippen LogP contribution >= 0.6 is 23.3 Å². The molecule has 1 aromatic heterocycles. The molecule has 2 heterocycles. The van der Waals surface area contributed by atoms with Gasteiger partial charge in [0, 0.05) is 13.1 Å². The Bertz CT molecular complexity index is 448. The van der Waals surface area contributed by atoms with Gasteiger partial charge in [-0.05, 0) is 44.6 Å². The van der Waals surface area contributed by atoms with Crippen molar-refractivity contribution in [1.82, 2.24) is 9.29 Å². The second-order valence-corrected chi connectivity index (χ2v) is 7.18. The number of esters is 1. The zero-order valence-corrected chi connectivity index (χ0v) is 13.3. The molecule has 0 amide bonds. The molecular formula is C13H20N2O2S2. The molecule has 1 aromatic rings. The van der Waals surface area contributed by atoms with Crippen molar-refractivity contribution in [3.8, 4) is 0 Å². The average Bonchev–Trinajstić information content (AvgIpc) is 2.70. The maximum absolute atomic E-state index is 11.7. The van der Waals surface area contributed by atoms with Gasteiger partial charge in [-0.15, -0.1) is 0 Å². The fraction of sp³-hybridized carbons (Fsp3) is 0.692. The summed E-state index contributed by atoms with van der Waals surface area (Å²) in [6.45, 7) is 8.57. The molecule has 0 radical (unpaired) electrons. The van der Waals surface area contributed by atoms with E-state index in [2.05, 4.69) is 16.2 Å². The summed E-state index contributed by atoms with van der Waals surface area (Å²) in [6, 6.07) is 0. The zero-order valence-electron chi connectivity index (χ0n) is 11.6. The maximum Gasteiger partial charge on any atom is 0.350 e. The zero-order chi connectivity index (χ0) is 13.8. The van der Waals surface area contributed by atoms with Crippen LogP contribution in [-0.4, -0.2) is 35.0 Å². The van der Waals surface area contributed by atoms with E-state index in [1.165, 1.54) is 24.2 Å². The lowest BCUT2D eigenvalue weighted by atomic mass is 10.0. The molecular weight excluding hydrogens is 280 g/mol. The van der Waals surface area contributed by atoms with Gasteiger partial charge in [0.15, 0.2) is 4.34 Å². The van der Waals surface area contributed by atoms with E-state index >= 15 is 0 Å². The molecule has 0 N–H and O–H groups in total. The molecule has 106 valence electrons. The van der Waals surface area contributed by atoms with E-state index in [1.54, 1.807) is 11.9 Å². The minimum Gasteiger partial charge on any atom is -0.462 e. The molecule has 2 rings (SSSR count). The molecule has 0 spiro atoms. The molecule has 1 atom stereocenters. The summed E-state index contributed by atoms with van der Waals surface area (Å²) < 4.78 is 8.33. The summed E-state index contributed by atoms with van der Waals surface area (Å²) in [5.41, 5.74) is 0.774. The van der Waals surface area contributed by atoms with Crippen molar-refractivity contribution in [2.75, 3.05) is 19.7 Å². The van der Waals surface area contributed by atoms with Crippen LogP contribution in [0.1, 0.15) is 42.1 Å². The number of thiazole rings is 1. The van der Waals surface area contributed by atoms with Crippen LogP contribution in [0.3, 0.4) is 0 Å². The molecule has 1 aliphatic rings. The predicted molar refractivity (Wildman–Crippen MR) is 78.6 cm³/mol. The highest BCUT2D eigenvalue weighted by atomic mass is 32.2. The number of hydrogen-bond acceptors (Lipinski definition) is 6. The third kappa shape index (κ3) is 3.94. The summed E-state index contributed by atoms with van der Waals surface area (Å²) in [5.74, 6) is 0.489. The summed E-state index contributed by atoms with van der Waals surface area (Å²) in [5, 5.41) is 0. The minimum atomic E-state index is -0.253. The standard InChI is InChI=1S/C13H20N2O2S2/c1-4-17-12(16)11-10(3)14-13(18-11)19-15-7-5-6-9(2)8-15/h9H,4-8H2,1-3H3. The smallest absolute Gasteiger partial charge is 0.350 e. The number of nitrogens with zero attached hydrogens (tertiary/aromatic N) is 2. The Labute approximate surface area is 122 Å². The van der Waals surface area contributed by atoms with Crippen LogP contribution < -0.4 is 0 Å². The van der Waals surface area contributed by atoms with Gasteiger partial charge >= 0.3 is 5.97 Å². The number of aryl methyl sites for hydroxylation is 1. The van der Waals surface area contributed by atoms with Crippen LogP contribution in [0.15, 0.2) is 4.34 Å². The summed E-state index contributed by atoms with van der Waals surface area (Å²) in [7, 11) is 0. The van der Waals surface area contributed by atoms with E-state index in [0.29, 0.717) is 11.5 Å². The predicted octanol–water partition coefficient (Wildman–Crippen LogP) is 3.37. The third-order valence-corrected chi connectivity index (χ3v) is 5.31. The van der Waals surface area contributed by atoms with Gasteiger partial charge in [-0.3, -0.25) is 0 Å². The number of carbonyl (C=O) groups excluding carboxylic acids is 1. The van der Waals surface area contributed by atoms with Gasteiger partial charge in [0.05, 0.1) is 12.3 Å². The second kappa shape index (κ2) is 6.72. The number of piperidine rings is 1. The lowest BCUT2D eigenvalue weighted by molar-refractivity contribution is 0.0531. The summed E-state index contributed by atoms with van der Waals surface area (Å²) in [4.78, 5) is 16.9. The third-order valence-electron chi connectivity index (χ3n) is 3.06. The quantitative estimate of drug-likeness (QED) is 0.630. The fourth-order valence-electron chi connectivity index (χ4n) is 2.14. The van der Waals surface area contributed by atoms with E-state index in [0.717, 1.165) is 29.0 Å². The van der Waals surface area contributed by atoms with Crippen molar-refractivity contribution in [2.24, 2.45) is 5.92 Å². The number of ether oxygens (including phenoxy) is 1. The Balaban J connectivity index is 2.01. The summed E-state index contributed by atoms with van der Waals surface area (Å²) >= 11 is 3.11. The molecule has 0 aliphatic carbocycles. The summed E-state index contributed by atoms with van der Waals surface area (Å²) in [6.07, 6.45) is 2.55. The maximum atomic E-state index is 11.7. The minimum absolute atomic E-state index is 0.253. The average molecular weight is 300 g/mol. The topological polar surface area (TPSA) is 42.4 Å². The molecule has 1 aliphatic heterocycles. The Hall–Kier alpha value is -0.590. The second-order valence-electron chi connectivity index (χ2n) is 4.84. The molecule has 0 saturated carbocycles. The molecule has 1 fully saturated rings. The van der Waals surface area contributed by atoms with Gasteiger partial charge < -0.3 is 4.74 Å². The number of carbonyl (C=O) groups is 1. The molecule has 4 nitrogen and oxygen atoms in total. The van der Waals surface area contributed by atoms with Crippen molar-refractivity contribution >= 4 is 29.3 Å². The first-order chi connectivity index (χ1) is 9.10. The molecule has 6 heteroatoms. The van der Waals surface area contributed by atoms with Gasteiger partial charge in [0.25, 0.3) is 0 Å². The highest BCUT2D eigenvalue weighted by molar-refractivity contribution is 7.98. The monoisotopic (exact) mass is 300 g/mol. The number of rotatable bonds is 4. The largest absolute Gasteiger partial charge is 0.462 e. The van der Waals surface area contributed by atoms with Crippen LogP contribution in [0.4, 0.5) is 0 Å². The van der Waals surface area contributed by atoms with E-state index < -0.39 is 0 Å². The Morgan fingerprint density at radius 1 is 1.63 bits per heavy atom. The van der Waals surface area contributed by atoms with E-state index in [-0.39, 0.29) is 5.97 Å². The van der Waals surface area contributed by atoms with Crippen LogP contribution in [-0.2, 0) is 4.74 Å². The van der Waals surface area contributed by atoms with Gasteiger partial charge in [-0.25, -0.2) is 14.1 Å². The first kappa shape index (κ1) is 14.8. The van der Waals surface area contributed by atoms with Gasteiger partial charge in [0.1, 0.15) is 4.88 Å². The molecule has 19 heavy (non-hydrogen) atoms. The van der Waals surface area contributed by atoms with E-state index in [4.69, 9.17) is 4.74 Å². The molecule has 0 aromatic carbocycles. The number of hydrogen-bond donors (Lipinski definition) is 0. The Morgan fingerprint density at radius 3 is 3.11 bits per heavy atom. The lowest BCUT2D eigenvalue weighted by Gasteiger charge is -2.28. The first-order valence-electron chi connectivity index (χ1n) is 6.67. The highest BCUT2D eigenvalue weighted by Crippen LogP contribution is 2.32. The van der Waals surface area contributed by atoms with Crippen LogP contribution in [0.5, 0.6) is 0 Å². The van der Waals surface area contributed by atoms with E-state index in [1.807, 2.05) is 13.8 Å². The SMILES string of the molecule is CCOC(=O)c1sc(SN2CCCC(C)C2)nc1C. The van der Waals surface area contributed by atoms with Crippen molar-refractivity contribution in [3.63, 3.8) is 0 Å². The van der Waals surface area contributed by atoms with Crippen molar-refractivity contribution in [2.45, 2.75) is 38.0 Å². The van der Waals surface area contributed by atoms with Crippen molar-refractivity contribution < 1.29 is 9.53 Å². The molecule has 0 bridgehead atoms. The lowest BCUT2D eigenvalue weighted by Crippen LogP contribution is -2.28. The fourth-order valence-corrected chi connectivity index (χ4v) is 4.49. The molecule has 1 saturated heterocycles. The van der Waals surface area contributed by atoms with Crippen LogP contribution in [0, 0.1) is 12.8 Å². The molecule has 1 unspecified atom stereocenters. The Morgan fingerprint density at radius 2 is 2.42 bits per heavy atom. The van der Waals surface area contributed by atoms with Crippen molar-refractivity contribution in [1.29, 1.82) is 0 Å². The number of aromatic nitrogens is 1. The van der Waals surface area contributed by atoms with Crippen LogP contribution in [0.25, 0.3) is 0 Å². The normalized spacial score (nSPS) is 20.5. The van der Waals surface area contributed by atoms with Crippen molar-refractivity contribution in [3.05, 3.63) is 10.6 Å². The first-order valence-corrected chi connectivity index (χ1v) is 8.26. The van der Waals surface area contributed by atoms with Crippen LogP contribution in [0.2, 0.25) is 0 Å². The van der Waals surface area contributed by atoms with Gasteiger partial charge in [-0.2, -0.15) is 0 Å². The van der Waals surface area contributed by atoms with E-state index in [9.17, 15) is 4.79 Å². The highest BCUT2D eigenvalue weighted by Gasteiger charge is 2.21. The Kier molecular flexibility index (Phi) is 5.24. The van der Waals surface area contributed by atoms with Gasteiger partial charge in [0.2, 0.25) is 0 Å². The van der Waals surface area contributed by atoms with Gasteiger partial charge in [-0.1, -0.05) is 18.3 Å².